The van der Waals surface area contributed by atoms with Crippen LogP contribution in [-0.2, 0) is 18.4 Å². The van der Waals surface area contributed by atoms with Crippen molar-refractivity contribution in [2.75, 3.05) is 32.8 Å². The first kappa shape index (κ1) is 15.9. The van der Waals surface area contributed by atoms with Crippen molar-refractivity contribution in [3.8, 4) is 0 Å². The van der Waals surface area contributed by atoms with Crippen molar-refractivity contribution in [3.05, 3.63) is 11.6 Å². The molecule has 0 unspecified atom stereocenters. The number of hydrogen-bond donors (Lipinski definition) is 1. The zero-order valence-corrected chi connectivity index (χ0v) is 13.8. The number of rotatable bonds is 4. The predicted molar refractivity (Wildman–Crippen MR) is 83.5 cm³/mol. The Balaban J connectivity index is 1.65. The lowest BCUT2D eigenvalue weighted by molar-refractivity contribution is 0.000526. The van der Waals surface area contributed by atoms with E-state index in [1.807, 2.05) is 11.6 Å². The maximum Gasteiger partial charge on any atom is 0.158 e. The number of likely N-dealkylation sites (tertiary alicyclic amines) is 1. The van der Waals surface area contributed by atoms with Crippen LogP contribution in [0.5, 0.6) is 0 Å². The van der Waals surface area contributed by atoms with Crippen LogP contribution in [0.15, 0.2) is 0 Å². The third kappa shape index (κ3) is 3.34. The van der Waals surface area contributed by atoms with E-state index in [2.05, 4.69) is 22.0 Å². The molecule has 2 aliphatic rings. The van der Waals surface area contributed by atoms with Crippen molar-refractivity contribution < 1.29 is 9.84 Å². The molecule has 3 heterocycles. The summed E-state index contributed by atoms with van der Waals surface area (Å²) < 4.78 is 7.47. The first-order valence-corrected chi connectivity index (χ1v) is 8.40. The Morgan fingerprint density at radius 1 is 1.32 bits per heavy atom. The zero-order valence-electron chi connectivity index (χ0n) is 13.8. The number of hydrogen-bond acceptors (Lipinski definition) is 5. The Bertz CT molecular complexity index is 496. The average Bonchev–Trinajstić information content (AvgIpc) is 2.88. The molecule has 3 rings (SSSR count). The van der Waals surface area contributed by atoms with Gasteiger partial charge in [0.15, 0.2) is 5.82 Å². The molecule has 1 aromatic rings. The highest BCUT2D eigenvalue weighted by molar-refractivity contribution is 5.03. The Hall–Kier alpha value is -0.980. The summed E-state index contributed by atoms with van der Waals surface area (Å²) in [5.74, 6) is 2.10. The van der Waals surface area contributed by atoms with E-state index >= 15 is 0 Å². The van der Waals surface area contributed by atoms with Gasteiger partial charge < -0.3 is 19.3 Å². The fourth-order valence-corrected chi connectivity index (χ4v) is 3.84. The van der Waals surface area contributed by atoms with E-state index in [1.54, 1.807) is 0 Å². The van der Waals surface area contributed by atoms with E-state index in [-0.39, 0.29) is 6.61 Å². The number of aliphatic hydroxyl groups is 1. The summed E-state index contributed by atoms with van der Waals surface area (Å²) in [4.78, 5) is 2.59. The van der Waals surface area contributed by atoms with Crippen molar-refractivity contribution in [2.24, 2.45) is 12.5 Å². The second-order valence-electron chi connectivity index (χ2n) is 7.19. The SMILES string of the molecule is Cn1c(CO)nnc1[C@@H]1CCCN(CC2(C)CCOCC2)C1. The fourth-order valence-electron chi connectivity index (χ4n) is 3.84. The molecule has 6 nitrogen and oxygen atoms in total. The molecule has 0 radical (unpaired) electrons. The van der Waals surface area contributed by atoms with Gasteiger partial charge in [0.25, 0.3) is 0 Å². The summed E-state index contributed by atoms with van der Waals surface area (Å²) in [5, 5.41) is 17.7. The number of ether oxygens (including phenoxy) is 1. The van der Waals surface area contributed by atoms with E-state index in [0.717, 1.165) is 51.4 Å². The topological polar surface area (TPSA) is 63.4 Å². The second kappa shape index (κ2) is 6.64. The molecule has 2 saturated heterocycles. The van der Waals surface area contributed by atoms with Crippen LogP contribution in [0, 0.1) is 5.41 Å². The molecule has 0 amide bonds. The molecular weight excluding hydrogens is 280 g/mol. The van der Waals surface area contributed by atoms with Crippen molar-refractivity contribution in [1.29, 1.82) is 0 Å². The summed E-state index contributed by atoms with van der Waals surface area (Å²) in [6.07, 6.45) is 4.69. The molecule has 0 bridgehead atoms. The molecule has 0 aliphatic carbocycles. The molecule has 2 aliphatic heterocycles. The lowest BCUT2D eigenvalue weighted by Crippen LogP contribution is -2.44. The first-order chi connectivity index (χ1) is 10.6. The Morgan fingerprint density at radius 2 is 2.09 bits per heavy atom. The van der Waals surface area contributed by atoms with Gasteiger partial charge in [-0.1, -0.05) is 6.92 Å². The lowest BCUT2D eigenvalue weighted by Gasteiger charge is -2.41. The zero-order chi connectivity index (χ0) is 15.6. The van der Waals surface area contributed by atoms with Crippen LogP contribution in [0.4, 0.5) is 0 Å². The summed E-state index contributed by atoms with van der Waals surface area (Å²) in [6, 6.07) is 0. The van der Waals surface area contributed by atoms with Gasteiger partial charge in [0, 0.05) is 39.3 Å². The monoisotopic (exact) mass is 308 g/mol. The third-order valence-electron chi connectivity index (χ3n) is 5.32. The quantitative estimate of drug-likeness (QED) is 0.908. The standard InChI is InChI=1S/C16H28N4O2/c1-16(5-8-22-9-6-16)12-20-7-3-4-13(10-20)15-18-17-14(11-21)19(15)2/h13,21H,3-12H2,1-2H3/t13-/m1/s1. The minimum Gasteiger partial charge on any atom is -0.388 e. The smallest absolute Gasteiger partial charge is 0.158 e. The van der Waals surface area contributed by atoms with Gasteiger partial charge in [0.05, 0.1) is 0 Å². The highest BCUT2D eigenvalue weighted by atomic mass is 16.5. The molecule has 1 aromatic heterocycles. The maximum atomic E-state index is 9.29. The molecule has 1 atom stereocenters. The van der Waals surface area contributed by atoms with Crippen molar-refractivity contribution in [1.82, 2.24) is 19.7 Å². The van der Waals surface area contributed by atoms with Gasteiger partial charge in [-0.25, -0.2) is 0 Å². The van der Waals surface area contributed by atoms with Gasteiger partial charge in [-0.2, -0.15) is 0 Å². The number of aromatic nitrogens is 3. The summed E-state index contributed by atoms with van der Waals surface area (Å²) >= 11 is 0. The fraction of sp³-hybridized carbons (Fsp3) is 0.875. The van der Waals surface area contributed by atoms with Crippen LogP contribution >= 0.6 is 0 Å². The van der Waals surface area contributed by atoms with Gasteiger partial charge in [-0.15, -0.1) is 10.2 Å². The third-order valence-corrected chi connectivity index (χ3v) is 5.32. The molecule has 0 aromatic carbocycles. The van der Waals surface area contributed by atoms with E-state index in [1.165, 1.54) is 13.0 Å². The minimum atomic E-state index is -0.0436. The summed E-state index contributed by atoms with van der Waals surface area (Å²) in [5.41, 5.74) is 0.385. The number of piperidine rings is 1. The van der Waals surface area contributed by atoms with E-state index in [9.17, 15) is 5.11 Å². The molecule has 124 valence electrons. The lowest BCUT2D eigenvalue weighted by atomic mass is 9.81. The Labute approximate surface area is 132 Å². The van der Waals surface area contributed by atoms with Gasteiger partial charge in [-0.05, 0) is 37.6 Å². The molecule has 1 N–H and O–H groups in total. The normalized spacial score (nSPS) is 26.2. The number of nitrogens with zero attached hydrogens (tertiary/aromatic N) is 4. The maximum absolute atomic E-state index is 9.29. The van der Waals surface area contributed by atoms with Crippen LogP contribution in [0.1, 0.15) is 50.2 Å². The summed E-state index contributed by atoms with van der Waals surface area (Å²) in [6.45, 7) is 7.53. The Morgan fingerprint density at radius 3 is 2.77 bits per heavy atom. The van der Waals surface area contributed by atoms with E-state index < -0.39 is 0 Å². The van der Waals surface area contributed by atoms with Gasteiger partial charge in [0.2, 0.25) is 0 Å². The first-order valence-electron chi connectivity index (χ1n) is 8.40. The van der Waals surface area contributed by atoms with Crippen molar-refractivity contribution >= 4 is 0 Å². The molecule has 6 heteroatoms. The van der Waals surface area contributed by atoms with Gasteiger partial charge in [0.1, 0.15) is 12.4 Å². The van der Waals surface area contributed by atoms with Crippen LogP contribution in [0.3, 0.4) is 0 Å². The van der Waals surface area contributed by atoms with Gasteiger partial charge in [-0.3, -0.25) is 0 Å². The highest BCUT2D eigenvalue weighted by Crippen LogP contribution is 2.33. The largest absolute Gasteiger partial charge is 0.388 e. The molecule has 22 heavy (non-hydrogen) atoms. The molecule has 0 spiro atoms. The Kier molecular flexibility index (Phi) is 4.80. The van der Waals surface area contributed by atoms with Crippen LogP contribution in [0.25, 0.3) is 0 Å². The minimum absolute atomic E-state index is 0.0436. The molecular formula is C16H28N4O2. The molecule has 0 saturated carbocycles. The summed E-state index contributed by atoms with van der Waals surface area (Å²) in [7, 11) is 1.96. The van der Waals surface area contributed by atoms with Crippen LogP contribution in [0.2, 0.25) is 0 Å². The van der Waals surface area contributed by atoms with Gasteiger partial charge >= 0.3 is 0 Å². The van der Waals surface area contributed by atoms with E-state index in [4.69, 9.17) is 4.74 Å². The highest BCUT2D eigenvalue weighted by Gasteiger charge is 2.33. The van der Waals surface area contributed by atoms with Crippen molar-refractivity contribution in [2.45, 2.75) is 45.1 Å². The average molecular weight is 308 g/mol. The van der Waals surface area contributed by atoms with Crippen molar-refractivity contribution in [3.63, 3.8) is 0 Å². The molecule has 2 fully saturated rings. The number of aliphatic hydroxyl groups excluding tert-OH is 1. The second-order valence-corrected chi connectivity index (χ2v) is 7.19. The van der Waals surface area contributed by atoms with E-state index in [0.29, 0.717) is 17.2 Å². The van der Waals surface area contributed by atoms with Crippen LogP contribution in [-0.4, -0.2) is 57.6 Å². The van der Waals surface area contributed by atoms with Crippen LogP contribution < -0.4 is 0 Å². The predicted octanol–water partition coefficient (Wildman–Crippen LogP) is 1.30.